The van der Waals surface area contributed by atoms with Crippen LogP contribution in [-0.2, 0) is 4.79 Å². The molecular formula is C21H28ClN7O. The lowest BCUT2D eigenvalue weighted by atomic mass is 9.92. The number of nitrogens with one attached hydrogen (secondary N) is 2. The molecule has 0 aromatic carbocycles. The fourth-order valence-electron chi connectivity index (χ4n) is 4.02. The maximum atomic E-state index is 11.7. The van der Waals surface area contributed by atoms with Gasteiger partial charge < -0.3 is 21.3 Å². The van der Waals surface area contributed by atoms with E-state index < -0.39 is 0 Å². The first-order valence-electron chi connectivity index (χ1n) is 10.6. The second-order valence-corrected chi connectivity index (χ2v) is 8.39. The van der Waals surface area contributed by atoms with Gasteiger partial charge in [-0.25, -0.2) is 15.0 Å². The maximum absolute atomic E-state index is 11.7. The van der Waals surface area contributed by atoms with Gasteiger partial charge in [0.05, 0.1) is 16.9 Å². The summed E-state index contributed by atoms with van der Waals surface area (Å²) < 4.78 is 0. The highest BCUT2D eigenvalue weighted by Crippen LogP contribution is 2.28. The van der Waals surface area contributed by atoms with Crippen molar-refractivity contribution in [2.75, 3.05) is 30.3 Å². The Balaban J connectivity index is 1.41. The average molecular weight is 430 g/mol. The van der Waals surface area contributed by atoms with E-state index in [9.17, 15) is 4.79 Å². The van der Waals surface area contributed by atoms with Crippen molar-refractivity contribution >= 4 is 29.3 Å². The lowest BCUT2D eigenvalue weighted by Gasteiger charge is -2.26. The predicted molar refractivity (Wildman–Crippen MR) is 118 cm³/mol. The quantitative estimate of drug-likeness (QED) is 0.620. The molecular weight excluding hydrogens is 402 g/mol. The van der Waals surface area contributed by atoms with Gasteiger partial charge in [0, 0.05) is 49.9 Å². The fourth-order valence-corrected chi connectivity index (χ4v) is 4.22. The molecule has 9 heteroatoms. The summed E-state index contributed by atoms with van der Waals surface area (Å²) in [4.78, 5) is 27.0. The fraction of sp³-hybridized carbons (Fsp3) is 0.524. The van der Waals surface area contributed by atoms with Crippen LogP contribution in [0.15, 0.2) is 24.5 Å². The van der Waals surface area contributed by atoms with Gasteiger partial charge in [-0.2, -0.15) is 0 Å². The molecule has 4 rings (SSSR count). The Morgan fingerprint density at radius 1 is 1.23 bits per heavy atom. The van der Waals surface area contributed by atoms with Crippen molar-refractivity contribution in [2.45, 2.75) is 50.6 Å². The molecule has 0 atom stereocenters. The summed E-state index contributed by atoms with van der Waals surface area (Å²) in [5.74, 6) is 1.53. The van der Waals surface area contributed by atoms with Crippen LogP contribution in [0.1, 0.15) is 38.5 Å². The number of amides is 1. The van der Waals surface area contributed by atoms with Gasteiger partial charge in [-0.1, -0.05) is 11.6 Å². The van der Waals surface area contributed by atoms with Crippen LogP contribution < -0.4 is 16.4 Å². The zero-order chi connectivity index (χ0) is 20.9. The van der Waals surface area contributed by atoms with Crippen molar-refractivity contribution in [3.8, 4) is 11.3 Å². The molecule has 2 aliphatic rings. The molecule has 2 fully saturated rings. The number of anilines is 2. The number of hydrogen-bond acceptors (Lipinski definition) is 7. The summed E-state index contributed by atoms with van der Waals surface area (Å²) in [5.41, 5.74) is 7.53. The molecule has 0 bridgehead atoms. The summed E-state index contributed by atoms with van der Waals surface area (Å²) in [7, 11) is 0. The van der Waals surface area contributed by atoms with Crippen LogP contribution in [0, 0.1) is 0 Å². The molecule has 160 valence electrons. The summed E-state index contributed by atoms with van der Waals surface area (Å²) in [6, 6.07) is 4.44. The number of carbonyl (C=O) groups excluding carboxylic acids is 1. The normalized spacial score (nSPS) is 21.7. The maximum Gasteiger partial charge on any atom is 0.223 e. The van der Waals surface area contributed by atoms with Crippen LogP contribution in [0.25, 0.3) is 11.3 Å². The standard InChI is InChI=1S/C21H28ClN7O/c22-17-13-26-21(27-16-5-3-15(23)4-6-16)28-20(17)14-7-8-24-18(12-14)25-9-11-29-10-1-2-19(29)30/h7-8,12-13,15-16H,1-6,9-11,23H2,(H,24,25)(H,26,27,28). The largest absolute Gasteiger partial charge is 0.368 e. The molecule has 4 N–H and O–H groups in total. The number of likely N-dealkylation sites (tertiary alicyclic amines) is 1. The molecule has 0 spiro atoms. The smallest absolute Gasteiger partial charge is 0.223 e. The predicted octanol–water partition coefficient (Wildman–Crippen LogP) is 2.91. The zero-order valence-corrected chi connectivity index (χ0v) is 17.7. The number of carbonyl (C=O) groups is 1. The van der Waals surface area contributed by atoms with Gasteiger partial charge in [-0.3, -0.25) is 4.79 Å². The van der Waals surface area contributed by atoms with Crippen LogP contribution in [-0.4, -0.2) is 57.5 Å². The highest BCUT2D eigenvalue weighted by molar-refractivity contribution is 6.32. The zero-order valence-electron chi connectivity index (χ0n) is 17.0. The summed E-state index contributed by atoms with van der Waals surface area (Å²) in [6.07, 6.45) is 9.03. The Labute approximate surface area is 181 Å². The van der Waals surface area contributed by atoms with Crippen molar-refractivity contribution in [1.82, 2.24) is 19.9 Å². The first-order valence-corrected chi connectivity index (χ1v) is 11.0. The van der Waals surface area contributed by atoms with Crippen molar-refractivity contribution in [3.05, 3.63) is 29.5 Å². The van der Waals surface area contributed by atoms with E-state index in [4.69, 9.17) is 17.3 Å². The van der Waals surface area contributed by atoms with E-state index in [1.165, 1.54) is 0 Å². The van der Waals surface area contributed by atoms with Gasteiger partial charge in [0.1, 0.15) is 5.82 Å². The molecule has 0 radical (unpaired) electrons. The minimum absolute atomic E-state index is 0.228. The van der Waals surface area contributed by atoms with Gasteiger partial charge >= 0.3 is 0 Å². The minimum Gasteiger partial charge on any atom is -0.368 e. The average Bonchev–Trinajstić information content (AvgIpc) is 3.16. The van der Waals surface area contributed by atoms with Crippen molar-refractivity contribution in [1.29, 1.82) is 0 Å². The van der Waals surface area contributed by atoms with Gasteiger partial charge in [0.15, 0.2) is 0 Å². The molecule has 3 heterocycles. The summed E-state index contributed by atoms with van der Waals surface area (Å²) in [5, 5.41) is 7.20. The Hall–Kier alpha value is -2.45. The monoisotopic (exact) mass is 429 g/mol. The van der Waals surface area contributed by atoms with E-state index in [2.05, 4.69) is 25.6 Å². The Bertz CT molecular complexity index is 885. The lowest BCUT2D eigenvalue weighted by Crippen LogP contribution is -2.33. The van der Waals surface area contributed by atoms with Gasteiger partial charge in [-0.05, 0) is 44.2 Å². The minimum atomic E-state index is 0.228. The number of nitrogens with zero attached hydrogens (tertiary/aromatic N) is 4. The first-order chi connectivity index (χ1) is 14.6. The molecule has 2 aromatic heterocycles. The van der Waals surface area contributed by atoms with Crippen LogP contribution in [0.4, 0.5) is 11.8 Å². The molecule has 1 saturated carbocycles. The van der Waals surface area contributed by atoms with Gasteiger partial charge in [-0.15, -0.1) is 0 Å². The molecule has 1 aliphatic heterocycles. The van der Waals surface area contributed by atoms with Crippen molar-refractivity contribution in [2.24, 2.45) is 5.73 Å². The Morgan fingerprint density at radius 2 is 2.07 bits per heavy atom. The van der Waals surface area contributed by atoms with E-state index >= 15 is 0 Å². The third kappa shape index (κ3) is 5.17. The lowest BCUT2D eigenvalue weighted by molar-refractivity contribution is -0.127. The number of aromatic nitrogens is 3. The van der Waals surface area contributed by atoms with Gasteiger partial charge in [0.2, 0.25) is 11.9 Å². The van der Waals surface area contributed by atoms with Crippen LogP contribution >= 0.6 is 11.6 Å². The van der Waals surface area contributed by atoms with Crippen LogP contribution in [0.5, 0.6) is 0 Å². The number of hydrogen-bond donors (Lipinski definition) is 3. The van der Waals surface area contributed by atoms with Crippen molar-refractivity contribution in [3.63, 3.8) is 0 Å². The van der Waals surface area contributed by atoms with E-state index in [-0.39, 0.29) is 5.91 Å². The van der Waals surface area contributed by atoms with Crippen LogP contribution in [0.2, 0.25) is 5.02 Å². The van der Waals surface area contributed by atoms with Crippen LogP contribution in [0.3, 0.4) is 0 Å². The molecule has 30 heavy (non-hydrogen) atoms. The highest BCUT2D eigenvalue weighted by atomic mass is 35.5. The van der Waals surface area contributed by atoms with Crippen molar-refractivity contribution < 1.29 is 4.79 Å². The number of pyridine rings is 1. The van der Waals surface area contributed by atoms with E-state index in [1.807, 2.05) is 17.0 Å². The van der Waals surface area contributed by atoms with Gasteiger partial charge in [0.25, 0.3) is 0 Å². The third-order valence-electron chi connectivity index (χ3n) is 5.74. The first kappa shape index (κ1) is 20.8. The number of halogens is 1. The Morgan fingerprint density at radius 3 is 2.83 bits per heavy atom. The van der Waals surface area contributed by atoms with E-state index in [0.717, 1.165) is 50.0 Å². The molecule has 1 aliphatic carbocycles. The molecule has 1 saturated heterocycles. The topological polar surface area (TPSA) is 109 Å². The number of nitrogens with two attached hydrogens (primary N) is 1. The molecule has 0 unspecified atom stereocenters. The molecule has 8 nitrogen and oxygen atoms in total. The second-order valence-electron chi connectivity index (χ2n) is 7.99. The van der Waals surface area contributed by atoms with E-state index in [0.29, 0.717) is 48.3 Å². The van der Waals surface area contributed by atoms with E-state index in [1.54, 1.807) is 12.4 Å². The SMILES string of the molecule is NC1CCC(Nc2ncc(Cl)c(-c3ccnc(NCCN4CCCC4=O)c3)n2)CC1. The molecule has 2 aromatic rings. The summed E-state index contributed by atoms with van der Waals surface area (Å²) in [6.45, 7) is 2.17. The molecule has 1 amide bonds. The highest BCUT2D eigenvalue weighted by Gasteiger charge is 2.20. The second kappa shape index (κ2) is 9.57. The Kier molecular flexibility index (Phi) is 6.64. The summed E-state index contributed by atoms with van der Waals surface area (Å²) >= 11 is 6.40. The third-order valence-corrected chi connectivity index (χ3v) is 6.02. The number of rotatable bonds is 7.